The van der Waals surface area contributed by atoms with Crippen molar-refractivity contribution in [2.24, 2.45) is 5.41 Å². The number of hydrogen-bond acceptors (Lipinski definition) is 4. The standard InChI is InChI=1S/C13H17F3N2OS/c1-2-3-12(4-6-17-7-5-12)10(19)9-8-18-11(20-9)13(14,15)16/h8,17H,2-7H2,1H3. The van der Waals surface area contributed by atoms with E-state index in [1.807, 2.05) is 6.92 Å². The molecular weight excluding hydrogens is 289 g/mol. The third-order valence-electron chi connectivity index (χ3n) is 3.74. The smallest absolute Gasteiger partial charge is 0.317 e. The number of aromatic nitrogens is 1. The summed E-state index contributed by atoms with van der Waals surface area (Å²) in [5.41, 5.74) is -0.518. The number of nitrogens with one attached hydrogen (secondary N) is 1. The second kappa shape index (κ2) is 5.81. The van der Waals surface area contributed by atoms with Gasteiger partial charge in [0.05, 0.1) is 4.88 Å². The molecule has 1 fully saturated rings. The Balaban J connectivity index is 2.25. The highest BCUT2D eigenvalue weighted by Crippen LogP contribution is 2.40. The molecule has 1 aliphatic heterocycles. The number of piperidine rings is 1. The average molecular weight is 306 g/mol. The molecule has 1 aromatic heterocycles. The molecule has 0 atom stereocenters. The fourth-order valence-electron chi connectivity index (χ4n) is 2.75. The number of alkyl halides is 3. The van der Waals surface area contributed by atoms with Gasteiger partial charge in [-0.3, -0.25) is 4.79 Å². The van der Waals surface area contributed by atoms with E-state index >= 15 is 0 Å². The lowest BCUT2D eigenvalue weighted by molar-refractivity contribution is -0.137. The van der Waals surface area contributed by atoms with E-state index in [0.717, 1.165) is 25.7 Å². The van der Waals surface area contributed by atoms with Gasteiger partial charge < -0.3 is 5.32 Å². The van der Waals surface area contributed by atoms with Crippen LogP contribution in [-0.4, -0.2) is 23.9 Å². The van der Waals surface area contributed by atoms with Crippen LogP contribution in [0.4, 0.5) is 13.2 Å². The summed E-state index contributed by atoms with van der Waals surface area (Å²) in [6, 6.07) is 0. The monoisotopic (exact) mass is 306 g/mol. The van der Waals surface area contributed by atoms with Gasteiger partial charge in [-0.1, -0.05) is 13.3 Å². The maximum absolute atomic E-state index is 12.6. The first-order valence-electron chi connectivity index (χ1n) is 6.67. The van der Waals surface area contributed by atoms with Gasteiger partial charge in [-0.25, -0.2) is 4.98 Å². The number of nitrogens with zero attached hydrogens (tertiary/aromatic N) is 1. The molecule has 0 amide bonds. The van der Waals surface area contributed by atoms with Gasteiger partial charge in [0.25, 0.3) is 0 Å². The zero-order valence-electron chi connectivity index (χ0n) is 11.2. The van der Waals surface area contributed by atoms with Crippen LogP contribution in [0.5, 0.6) is 0 Å². The van der Waals surface area contributed by atoms with Gasteiger partial charge >= 0.3 is 6.18 Å². The van der Waals surface area contributed by atoms with E-state index in [-0.39, 0.29) is 10.7 Å². The van der Waals surface area contributed by atoms with E-state index in [1.165, 1.54) is 0 Å². The minimum Gasteiger partial charge on any atom is -0.317 e. The number of carbonyl (C=O) groups excluding carboxylic acids is 1. The van der Waals surface area contributed by atoms with E-state index in [2.05, 4.69) is 10.3 Å². The van der Waals surface area contributed by atoms with Crippen molar-refractivity contribution in [3.05, 3.63) is 16.1 Å². The van der Waals surface area contributed by atoms with Crippen LogP contribution in [0.2, 0.25) is 0 Å². The van der Waals surface area contributed by atoms with Crippen molar-refractivity contribution in [3.8, 4) is 0 Å². The molecule has 20 heavy (non-hydrogen) atoms. The summed E-state index contributed by atoms with van der Waals surface area (Å²) in [5.74, 6) is -0.172. The molecule has 7 heteroatoms. The molecule has 2 heterocycles. The Morgan fingerprint density at radius 3 is 2.60 bits per heavy atom. The Bertz CT molecular complexity index is 473. The number of ketones is 1. The number of halogens is 3. The summed E-state index contributed by atoms with van der Waals surface area (Å²) in [6.45, 7) is 3.46. The summed E-state index contributed by atoms with van der Waals surface area (Å²) in [7, 11) is 0. The van der Waals surface area contributed by atoms with Crippen LogP contribution in [0.3, 0.4) is 0 Å². The molecule has 2 rings (SSSR count). The van der Waals surface area contributed by atoms with Crippen LogP contribution in [0, 0.1) is 5.41 Å². The highest BCUT2D eigenvalue weighted by Gasteiger charge is 2.41. The molecule has 3 nitrogen and oxygen atoms in total. The molecule has 1 aliphatic rings. The van der Waals surface area contributed by atoms with Crippen LogP contribution in [-0.2, 0) is 6.18 Å². The van der Waals surface area contributed by atoms with E-state index in [0.29, 0.717) is 30.6 Å². The third-order valence-corrected chi connectivity index (χ3v) is 4.78. The van der Waals surface area contributed by atoms with Gasteiger partial charge in [-0.2, -0.15) is 13.2 Å². The van der Waals surface area contributed by atoms with Gasteiger partial charge in [0.2, 0.25) is 0 Å². The molecule has 0 aliphatic carbocycles. The Labute approximate surface area is 119 Å². The normalized spacial score (nSPS) is 19.0. The van der Waals surface area contributed by atoms with Crippen LogP contribution >= 0.6 is 11.3 Å². The lowest BCUT2D eigenvalue weighted by Gasteiger charge is -2.35. The molecule has 0 radical (unpaired) electrons. The fourth-order valence-corrected chi connectivity index (χ4v) is 3.59. The lowest BCUT2D eigenvalue weighted by Crippen LogP contribution is -2.42. The van der Waals surface area contributed by atoms with Gasteiger partial charge in [0, 0.05) is 11.6 Å². The summed E-state index contributed by atoms with van der Waals surface area (Å²) >= 11 is 0.460. The molecule has 0 aromatic carbocycles. The van der Waals surface area contributed by atoms with Gasteiger partial charge in [-0.05, 0) is 32.4 Å². The van der Waals surface area contributed by atoms with Crippen LogP contribution in [0.15, 0.2) is 6.20 Å². The molecule has 0 bridgehead atoms. The number of hydrogen-bond donors (Lipinski definition) is 1. The molecule has 0 unspecified atom stereocenters. The minimum absolute atomic E-state index is 0.132. The van der Waals surface area contributed by atoms with Crippen molar-refractivity contribution in [1.82, 2.24) is 10.3 Å². The molecular formula is C13H17F3N2OS. The molecule has 1 saturated heterocycles. The predicted molar refractivity (Wildman–Crippen MR) is 70.9 cm³/mol. The maximum Gasteiger partial charge on any atom is 0.443 e. The Hall–Kier alpha value is -0.950. The highest BCUT2D eigenvalue weighted by molar-refractivity contribution is 7.13. The van der Waals surface area contributed by atoms with Crippen LogP contribution < -0.4 is 5.32 Å². The maximum atomic E-state index is 12.6. The lowest BCUT2D eigenvalue weighted by atomic mass is 9.72. The van der Waals surface area contributed by atoms with Gasteiger partial charge in [0.15, 0.2) is 10.8 Å². The quantitative estimate of drug-likeness (QED) is 0.866. The van der Waals surface area contributed by atoms with Crippen molar-refractivity contribution in [3.63, 3.8) is 0 Å². The van der Waals surface area contributed by atoms with Crippen LogP contribution in [0.1, 0.15) is 47.3 Å². The second-order valence-electron chi connectivity index (χ2n) is 5.14. The first-order valence-corrected chi connectivity index (χ1v) is 7.49. The molecule has 112 valence electrons. The number of carbonyl (C=O) groups is 1. The SMILES string of the molecule is CCCC1(C(=O)c2cnc(C(F)(F)F)s2)CCNCC1. The first-order chi connectivity index (χ1) is 9.39. The predicted octanol–water partition coefficient (Wildman–Crippen LogP) is 3.51. The molecule has 0 saturated carbocycles. The minimum atomic E-state index is -4.48. The Kier molecular flexibility index (Phi) is 4.49. The average Bonchev–Trinajstić information content (AvgIpc) is 2.88. The fraction of sp³-hybridized carbons (Fsp3) is 0.692. The largest absolute Gasteiger partial charge is 0.443 e. The highest BCUT2D eigenvalue weighted by atomic mass is 32.1. The van der Waals surface area contributed by atoms with E-state index in [1.54, 1.807) is 0 Å². The number of Topliss-reactive ketones (excluding diaryl/α,β-unsaturated/α-hetero) is 1. The van der Waals surface area contributed by atoms with Gasteiger partial charge in [-0.15, -0.1) is 11.3 Å². The summed E-state index contributed by atoms with van der Waals surface area (Å²) in [6.07, 6.45) is -0.480. The van der Waals surface area contributed by atoms with Crippen molar-refractivity contribution in [1.29, 1.82) is 0 Å². The van der Waals surface area contributed by atoms with Crippen molar-refractivity contribution >= 4 is 17.1 Å². The van der Waals surface area contributed by atoms with Crippen molar-refractivity contribution in [2.45, 2.75) is 38.8 Å². The summed E-state index contributed by atoms with van der Waals surface area (Å²) in [5, 5.41) is 2.25. The van der Waals surface area contributed by atoms with Crippen molar-refractivity contribution < 1.29 is 18.0 Å². The zero-order chi connectivity index (χ0) is 14.8. The Morgan fingerprint density at radius 2 is 2.10 bits per heavy atom. The molecule has 1 N–H and O–H groups in total. The summed E-state index contributed by atoms with van der Waals surface area (Å²) < 4.78 is 37.7. The van der Waals surface area contributed by atoms with E-state index in [4.69, 9.17) is 0 Å². The molecule has 0 spiro atoms. The topological polar surface area (TPSA) is 42.0 Å². The van der Waals surface area contributed by atoms with E-state index in [9.17, 15) is 18.0 Å². The zero-order valence-corrected chi connectivity index (χ0v) is 12.0. The molecule has 1 aromatic rings. The number of rotatable bonds is 4. The number of thiazole rings is 1. The van der Waals surface area contributed by atoms with E-state index < -0.39 is 16.6 Å². The third kappa shape index (κ3) is 3.03. The van der Waals surface area contributed by atoms with Gasteiger partial charge in [0.1, 0.15) is 0 Å². The second-order valence-corrected chi connectivity index (χ2v) is 6.17. The summed E-state index contributed by atoms with van der Waals surface area (Å²) in [4.78, 5) is 16.1. The Morgan fingerprint density at radius 1 is 1.45 bits per heavy atom. The first kappa shape index (κ1) is 15.4. The van der Waals surface area contributed by atoms with Crippen LogP contribution in [0.25, 0.3) is 0 Å². The van der Waals surface area contributed by atoms with Crippen molar-refractivity contribution in [2.75, 3.05) is 13.1 Å².